The van der Waals surface area contributed by atoms with Gasteiger partial charge in [-0.2, -0.15) is 0 Å². The molecule has 3 atom stereocenters. The lowest BCUT2D eigenvalue weighted by atomic mass is 10.1. The Morgan fingerprint density at radius 3 is 2.48 bits per heavy atom. The lowest BCUT2D eigenvalue weighted by Gasteiger charge is -2.31. The van der Waals surface area contributed by atoms with Crippen molar-refractivity contribution in [3.63, 3.8) is 0 Å². The van der Waals surface area contributed by atoms with Crippen LogP contribution in [-0.4, -0.2) is 61.7 Å². The molecule has 0 saturated heterocycles. The number of anilines is 1. The Bertz CT molecular complexity index is 1350. The number of fused-ring (bicyclic) bond motifs is 1. The molecule has 0 unspecified atom stereocenters. The van der Waals surface area contributed by atoms with E-state index in [9.17, 15) is 14.2 Å². The maximum absolute atomic E-state index is 14.0. The van der Waals surface area contributed by atoms with Gasteiger partial charge in [0.2, 0.25) is 0 Å². The Labute approximate surface area is 233 Å². The average molecular weight is 577 g/mol. The summed E-state index contributed by atoms with van der Waals surface area (Å²) >= 11 is 0. The van der Waals surface area contributed by atoms with Crippen LogP contribution >= 0.6 is 7.52 Å². The third-order valence-corrected chi connectivity index (χ3v) is 7.64. The quantitative estimate of drug-likeness (QED) is 0.212. The molecule has 0 fully saturated rings. The fourth-order valence-electron chi connectivity index (χ4n) is 3.68. The van der Waals surface area contributed by atoms with Crippen molar-refractivity contribution in [2.75, 3.05) is 12.1 Å². The van der Waals surface area contributed by atoms with Gasteiger partial charge < -0.3 is 29.0 Å². The van der Waals surface area contributed by atoms with Crippen LogP contribution in [0.3, 0.4) is 0 Å². The summed E-state index contributed by atoms with van der Waals surface area (Å²) in [5.74, 6) is -1.10. The smallest absolute Gasteiger partial charge is 0.335 e. The Kier molecular flexibility index (Phi) is 10.4. The molecule has 3 N–H and O–H groups in total. The number of nitrogen functional groups attached to an aromatic ring is 1. The van der Waals surface area contributed by atoms with Gasteiger partial charge in [0.05, 0.1) is 25.1 Å². The molecule has 1 aromatic carbocycles. The van der Waals surface area contributed by atoms with E-state index < -0.39 is 49.7 Å². The van der Waals surface area contributed by atoms with Crippen LogP contribution in [0.25, 0.3) is 11.2 Å². The number of benzene rings is 1. The number of esters is 2. The van der Waals surface area contributed by atoms with Gasteiger partial charge in [-0.3, -0.25) is 9.36 Å². The molecule has 13 nitrogen and oxygen atoms in total. The number of hydrogen-bond acceptors (Lipinski definition) is 11. The van der Waals surface area contributed by atoms with Crippen molar-refractivity contribution in [3.8, 4) is 0 Å². The summed E-state index contributed by atoms with van der Waals surface area (Å²) in [6, 6.07) is 9.17. The molecule has 2 heterocycles. The van der Waals surface area contributed by atoms with Crippen molar-refractivity contribution in [1.82, 2.24) is 24.6 Å². The predicted octanol–water partition coefficient (Wildman–Crippen LogP) is 3.43. The standard InChI is InChI=1S/C26H37N6O7P/c1-17(2)38-24(33)19(4)39-40(35,31-26(5,6)25(34)36-13-20-10-8-7-9-11-20)16-37-18(3)12-32-15-30-21-22(27)28-14-29-23(21)32/h7-11,14-15,17-19H,12-13,16H2,1-6H3,(H,31,35)(H2,27,28,29)/t18-,19+,40+/m1/s1. The fraction of sp³-hybridized carbons (Fsp3) is 0.500. The molecule has 3 aromatic rings. The molecule has 0 amide bonds. The van der Waals surface area contributed by atoms with Crippen LogP contribution in [0.4, 0.5) is 5.82 Å². The summed E-state index contributed by atoms with van der Waals surface area (Å²) in [7, 11) is -3.99. The zero-order valence-electron chi connectivity index (χ0n) is 23.6. The molecule has 0 aliphatic heterocycles. The van der Waals surface area contributed by atoms with E-state index in [-0.39, 0.29) is 12.4 Å². The number of carbonyl (C=O) groups excluding carboxylic acids is 2. The summed E-state index contributed by atoms with van der Waals surface area (Å²) in [6.07, 6.45) is 0.344. The first-order chi connectivity index (χ1) is 18.8. The normalized spacial score (nSPS) is 15.0. The largest absolute Gasteiger partial charge is 0.461 e. The van der Waals surface area contributed by atoms with Crippen LogP contribution in [0.15, 0.2) is 43.0 Å². The first-order valence-corrected chi connectivity index (χ1v) is 14.6. The summed E-state index contributed by atoms with van der Waals surface area (Å²) < 4.78 is 38.0. The van der Waals surface area contributed by atoms with Crippen molar-refractivity contribution in [1.29, 1.82) is 0 Å². The lowest BCUT2D eigenvalue weighted by molar-refractivity contribution is -0.155. The second kappa shape index (κ2) is 13.3. The van der Waals surface area contributed by atoms with Crippen molar-refractivity contribution in [3.05, 3.63) is 48.5 Å². The number of hydrogen-bond donors (Lipinski definition) is 2. The summed E-state index contributed by atoms with van der Waals surface area (Å²) in [6.45, 7) is 9.92. The minimum Gasteiger partial charge on any atom is -0.461 e. The van der Waals surface area contributed by atoms with E-state index in [1.54, 1.807) is 31.7 Å². The number of imidazole rings is 1. The van der Waals surface area contributed by atoms with Gasteiger partial charge in [0.25, 0.3) is 7.52 Å². The molecule has 0 saturated carbocycles. The number of nitrogens with two attached hydrogens (primary N) is 1. The highest BCUT2D eigenvalue weighted by atomic mass is 31.2. The fourth-order valence-corrected chi connectivity index (χ4v) is 5.85. The number of carbonyl (C=O) groups is 2. The van der Waals surface area contributed by atoms with Gasteiger partial charge in [-0.15, -0.1) is 0 Å². The monoisotopic (exact) mass is 576 g/mol. The second-order valence-electron chi connectivity index (χ2n) is 10.1. The second-order valence-corrected chi connectivity index (χ2v) is 12.2. The molecule has 40 heavy (non-hydrogen) atoms. The molecular weight excluding hydrogens is 539 g/mol. The van der Waals surface area contributed by atoms with E-state index in [2.05, 4.69) is 20.0 Å². The third kappa shape index (κ3) is 8.56. The molecule has 3 rings (SSSR count). The van der Waals surface area contributed by atoms with E-state index >= 15 is 0 Å². The Balaban J connectivity index is 1.72. The van der Waals surface area contributed by atoms with Crippen molar-refractivity contribution >= 4 is 36.4 Å². The first-order valence-electron chi connectivity index (χ1n) is 12.8. The van der Waals surface area contributed by atoms with Gasteiger partial charge in [-0.05, 0) is 47.1 Å². The number of ether oxygens (including phenoxy) is 3. The third-order valence-electron chi connectivity index (χ3n) is 5.60. The molecule has 0 aliphatic carbocycles. The van der Waals surface area contributed by atoms with E-state index in [4.69, 9.17) is 24.5 Å². The van der Waals surface area contributed by atoms with Crippen LogP contribution in [0.2, 0.25) is 0 Å². The van der Waals surface area contributed by atoms with Gasteiger partial charge >= 0.3 is 11.9 Å². The molecule has 14 heteroatoms. The predicted molar refractivity (Wildman–Crippen MR) is 148 cm³/mol. The van der Waals surface area contributed by atoms with Crippen LogP contribution in [-0.2, 0) is 46.0 Å². The van der Waals surface area contributed by atoms with Gasteiger partial charge in [-0.1, -0.05) is 30.3 Å². The number of nitrogens with zero attached hydrogens (tertiary/aromatic N) is 4. The number of nitrogens with one attached hydrogen (secondary N) is 1. The van der Waals surface area contributed by atoms with E-state index in [1.807, 2.05) is 30.3 Å². The van der Waals surface area contributed by atoms with Crippen LogP contribution in [0.1, 0.15) is 47.1 Å². The maximum atomic E-state index is 14.0. The summed E-state index contributed by atoms with van der Waals surface area (Å²) in [5, 5.41) is 2.77. The highest BCUT2D eigenvalue weighted by Gasteiger charge is 2.40. The van der Waals surface area contributed by atoms with Crippen molar-refractivity contribution in [2.24, 2.45) is 0 Å². The number of rotatable bonds is 14. The van der Waals surface area contributed by atoms with Gasteiger partial charge in [0.15, 0.2) is 17.6 Å². The molecular formula is C26H37N6O7P. The minimum atomic E-state index is -3.99. The Morgan fingerprint density at radius 2 is 1.80 bits per heavy atom. The summed E-state index contributed by atoms with van der Waals surface area (Å²) in [5.41, 5.74) is 6.19. The highest BCUT2D eigenvalue weighted by molar-refractivity contribution is 7.56. The van der Waals surface area contributed by atoms with Crippen LogP contribution in [0.5, 0.6) is 0 Å². The molecule has 0 bridgehead atoms. The zero-order valence-corrected chi connectivity index (χ0v) is 24.5. The SMILES string of the molecule is CC(C)OC(=O)[C@H](C)O[P@@](=O)(CO[C@H](C)Cn1cnc2c(N)ncnc21)NC(C)(C)C(=O)OCc1ccccc1. The molecule has 0 spiro atoms. The van der Waals surface area contributed by atoms with Crippen LogP contribution < -0.4 is 10.8 Å². The molecule has 0 radical (unpaired) electrons. The van der Waals surface area contributed by atoms with Crippen LogP contribution in [0, 0.1) is 0 Å². The maximum Gasteiger partial charge on any atom is 0.335 e. The Morgan fingerprint density at radius 1 is 1.10 bits per heavy atom. The van der Waals surface area contributed by atoms with Gasteiger partial charge in [0, 0.05) is 0 Å². The first kappa shape index (κ1) is 31.2. The highest BCUT2D eigenvalue weighted by Crippen LogP contribution is 2.46. The van der Waals surface area contributed by atoms with E-state index in [0.717, 1.165) is 5.56 Å². The van der Waals surface area contributed by atoms with Crippen molar-refractivity contribution < 1.29 is 32.9 Å². The Hall–Kier alpha value is -3.38. The van der Waals surface area contributed by atoms with E-state index in [0.29, 0.717) is 17.7 Å². The minimum absolute atomic E-state index is 0.0352. The lowest BCUT2D eigenvalue weighted by Crippen LogP contribution is -2.47. The topological polar surface area (TPSA) is 170 Å². The van der Waals surface area contributed by atoms with Gasteiger partial charge in [-0.25, -0.2) is 24.8 Å². The molecule has 218 valence electrons. The number of aromatic nitrogens is 4. The van der Waals surface area contributed by atoms with Gasteiger partial charge in [0.1, 0.15) is 30.3 Å². The molecule has 0 aliphatic rings. The zero-order chi connectivity index (χ0) is 29.5. The van der Waals surface area contributed by atoms with Crippen molar-refractivity contribution in [2.45, 2.75) is 78.5 Å². The summed E-state index contributed by atoms with van der Waals surface area (Å²) in [4.78, 5) is 37.8. The van der Waals surface area contributed by atoms with E-state index in [1.165, 1.54) is 27.1 Å². The molecule has 2 aromatic heterocycles. The average Bonchev–Trinajstić information content (AvgIpc) is 3.29.